The molecule has 1 unspecified atom stereocenters. The zero-order chi connectivity index (χ0) is 13.5. The summed E-state index contributed by atoms with van der Waals surface area (Å²) in [6, 6.07) is 0. The van der Waals surface area contributed by atoms with Crippen molar-refractivity contribution in [2.75, 3.05) is 0 Å². The van der Waals surface area contributed by atoms with E-state index < -0.39 is 5.97 Å². The molecule has 0 bridgehead atoms. The van der Waals surface area contributed by atoms with Crippen LogP contribution in [0.15, 0.2) is 59.3 Å². The standard InChI is InChI=1S/C15H15NO3/c17-14(18)10-9-13-11-19-15(16-13)12-7-5-3-1-2-4-6-8-12/h1-8,11-12H,9-10H2,(H,17,18)/b3-1-,4-2-,7-5-,8-6?. The number of hydrogen-bond acceptors (Lipinski definition) is 3. The van der Waals surface area contributed by atoms with Gasteiger partial charge in [0.1, 0.15) is 6.26 Å². The van der Waals surface area contributed by atoms with E-state index in [4.69, 9.17) is 9.52 Å². The first kappa shape index (κ1) is 13.1. The number of aryl methyl sites for hydroxylation is 1. The fourth-order valence-corrected chi connectivity index (χ4v) is 1.68. The van der Waals surface area contributed by atoms with E-state index in [2.05, 4.69) is 4.98 Å². The van der Waals surface area contributed by atoms with E-state index in [-0.39, 0.29) is 12.3 Å². The van der Waals surface area contributed by atoms with Crippen LogP contribution in [0.4, 0.5) is 0 Å². The maximum atomic E-state index is 10.5. The van der Waals surface area contributed by atoms with Crippen LogP contribution in [0.1, 0.15) is 23.9 Å². The number of aromatic nitrogens is 1. The van der Waals surface area contributed by atoms with Crippen LogP contribution in [0.2, 0.25) is 0 Å². The van der Waals surface area contributed by atoms with Crippen LogP contribution < -0.4 is 0 Å². The number of carbonyl (C=O) groups is 1. The Morgan fingerprint density at radius 1 is 1.16 bits per heavy atom. The molecule has 1 aromatic rings. The van der Waals surface area contributed by atoms with Gasteiger partial charge >= 0.3 is 5.97 Å². The van der Waals surface area contributed by atoms with E-state index in [1.54, 1.807) is 0 Å². The minimum Gasteiger partial charge on any atom is -0.481 e. The average molecular weight is 257 g/mol. The zero-order valence-corrected chi connectivity index (χ0v) is 10.4. The SMILES string of the molecule is O=C(O)CCc1coc(C2C=C\C=C/C=C\C=C/2)n1. The summed E-state index contributed by atoms with van der Waals surface area (Å²) in [4.78, 5) is 14.8. The first-order valence-corrected chi connectivity index (χ1v) is 6.10. The predicted octanol–water partition coefficient (Wildman–Crippen LogP) is 3.01. The van der Waals surface area contributed by atoms with Crippen molar-refractivity contribution in [3.63, 3.8) is 0 Å². The third-order valence-corrected chi connectivity index (χ3v) is 2.64. The van der Waals surface area contributed by atoms with Crippen LogP contribution in [0, 0.1) is 0 Å². The zero-order valence-electron chi connectivity index (χ0n) is 10.4. The largest absolute Gasteiger partial charge is 0.481 e. The molecule has 1 heterocycles. The molecule has 4 nitrogen and oxygen atoms in total. The summed E-state index contributed by atoms with van der Waals surface area (Å²) >= 11 is 0. The van der Waals surface area contributed by atoms with Crippen LogP contribution in [-0.4, -0.2) is 16.1 Å². The second-order valence-electron chi connectivity index (χ2n) is 4.14. The topological polar surface area (TPSA) is 63.3 Å². The van der Waals surface area contributed by atoms with Crippen LogP contribution >= 0.6 is 0 Å². The molecule has 0 aliphatic heterocycles. The Hall–Kier alpha value is -2.36. The second-order valence-corrected chi connectivity index (χ2v) is 4.14. The van der Waals surface area contributed by atoms with Crippen molar-refractivity contribution in [3.05, 3.63) is 66.5 Å². The van der Waals surface area contributed by atoms with Crippen LogP contribution in [0.25, 0.3) is 0 Å². The summed E-state index contributed by atoms with van der Waals surface area (Å²) in [5, 5.41) is 8.63. The monoisotopic (exact) mass is 257 g/mol. The molecule has 4 heteroatoms. The number of aliphatic carboxylic acids is 1. The predicted molar refractivity (Wildman–Crippen MR) is 71.8 cm³/mol. The molecular formula is C15H15NO3. The number of carboxylic acid groups (broad SMARTS) is 1. The summed E-state index contributed by atoms with van der Waals surface area (Å²) in [5.41, 5.74) is 0.671. The van der Waals surface area contributed by atoms with Gasteiger partial charge < -0.3 is 9.52 Å². The molecule has 1 aliphatic carbocycles. The summed E-state index contributed by atoms with van der Waals surface area (Å²) in [6.45, 7) is 0. The van der Waals surface area contributed by atoms with Gasteiger partial charge in [0.05, 0.1) is 18.0 Å². The lowest BCUT2D eigenvalue weighted by atomic mass is 10.1. The maximum Gasteiger partial charge on any atom is 0.303 e. The number of allylic oxidation sites excluding steroid dienone is 8. The second kappa shape index (κ2) is 6.54. The number of oxazole rings is 1. The van der Waals surface area contributed by atoms with Gasteiger partial charge in [-0.05, 0) is 0 Å². The molecule has 2 rings (SSSR count). The molecule has 1 atom stereocenters. The highest BCUT2D eigenvalue weighted by atomic mass is 16.4. The molecule has 19 heavy (non-hydrogen) atoms. The van der Waals surface area contributed by atoms with Crippen molar-refractivity contribution in [2.24, 2.45) is 0 Å². The fraction of sp³-hybridized carbons (Fsp3) is 0.200. The Kier molecular flexibility index (Phi) is 4.50. The molecule has 1 aliphatic rings. The molecule has 0 spiro atoms. The van der Waals surface area contributed by atoms with E-state index in [0.717, 1.165) is 0 Å². The highest BCUT2D eigenvalue weighted by molar-refractivity contribution is 5.66. The Morgan fingerprint density at radius 3 is 2.42 bits per heavy atom. The number of hydrogen-bond donors (Lipinski definition) is 1. The minimum atomic E-state index is -0.831. The average Bonchev–Trinajstić information content (AvgIpc) is 2.89. The van der Waals surface area contributed by atoms with Crippen molar-refractivity contribution < 1.29 is 14.3 Å². The summed E-state index contributed by atoms with van der Waals surface area (Å²) in [6.07, 6.45) is 17.6. The minimum absolute atomic E-state index is 0.0361. The van der Waals surface area contributed by atoms with E-state index in [9.17, 15) is 4.79 Å². The van der Waals surface area contributed by atoms with E-state index >= 15 is 0 Å². The van der Waals surface area contributed by atoms with E-state index in [0.29, 0.717) is 18.0 Å². The Labute approximate surface area is 111 Å². The fourth-order valence-electron chi connectivity index (χ4n) is 1.68. The maximum absolute atomic E-state index is 10.5. The lowest BCUT2D eigenvalue weighted by Gasteiger charge is -2.00. The third-order valence-electron chi connectivity index (χ3n) is 2.64. The lowest BCUT2D eigenvalue weighted by molar-refractivity contribution is -0.136. The number of carboxylic acids is 1. The quantitative estimate of drug-likeness (QED) is 0.900. The normalized spacial score (nSPS) is 23.1. The molecular weight excluding hydrogens is 242 g/mol. The van der Waals surface area contributed by atoms with Crippen molar-refractivity contribution in [1.29, 1.82) is 0 Å². The molecule has 0 radical (unpaired) electrons. The summed E-state index contributed by atoms with van der Waals surface area (Å²) in [5.74, 6) is -0.287. The van der Waals surface area contributed by atoms with Gasteiger partial charge in [0.2, 0.25) is 5.89 Å². The van der Waals surface area contributed by atoms with Crippen molar-refractivity contribution in [1.82, 2.24) is 4.98 Å². The molecule has 0 saturated carbocycles. The molecule has 0 aromatic carbocycles. The molecule has 0 fully saturated rings. The van der Waals surface area contributed by atoms with Crippen LogP contribution in [0.5, 0.6) is 0 Å². The first-order chi connectivity index (χ1) is 9.25. The summed E-state index contributed by atoms with van der Waals surface area (Å²) < 4.78 is 5.42. The Bertz CT molecular complexity index is 527. The van der Waals surface area contributed by atoms with Crippen molar-refractivity contribution in [2.45, 2.75) is 18.8 Å². The molecule has 0 amide bonds. The molecule has 1 N–H and O–H groups in total. The molecule has 98 valence electrons. The van der Waals surface area contributed by atoms with Gasteiger partial charge in [0.25, 0.3) is 0 Å². The van der Waals surface area contributed by atoms with E-state index in [1.807, 2.05) is 48.6 Å². The summed E-state index contributed by atoms with van der Waals surface area (Å²) in [7, 11) is 0. The first-order valence-electron chi connectivity index (χ1n) is 6.10. The van der Waals surface area contributed by atoms with Crippen LogP contribution in [0.3, 0.4) is 0 Å². The molecule has 1 aromatic heterocycles. The van der Waals surface area contributed by atoms with Crippen molar-refractivity contribution >= 4 is 5.97 Å². The van der Waals surface area contributed by atoms with Gasteiger partial charge in [0.15, 0.2) is 0 Å². The van der Waals surface area contributed by atoms with Gasteiger partial charge in [-0.2, -0.15) is 0 Å². The van der Waals surface area contributed by atoms with Crippen molar-refractivity contribution in [3.8, 4) is 0 Å². The smallest absolute Gasteiger partial charge is 0.303 e. The van der Waals surface area contributed by atoms with Crippen LogP contribution in [-0.2, 0) is 11.2 Å². The van der Waals surface area contributed by atoms with Gasteiger partial charge in [-0.1, -0.05) is 48.6 Å². The Morgan fingerprint density at radius 2 is 1.79 bits per heavy atom. The third kappa shape index (κ3) is 4.10. The van der Waals surface area contributed by atoms with Gasteiger partial charge in [-0.15, -0.1) is 0 Å². The highest BCUT2D eigenvalue weighted by Gasteiger charge is 2.12. The van der Waals surface area contributed by atoms with E-state index in [1.165, 1.54) is 6.26 Å². The lowest BCUT2D eigenvalue weighted by Crippen LogP contribution is -1.98. The number of nitrogens with zero attached hydrogens (tertiary/aromatic N) is 1. The number of rotatable bonds is 4. The van der Waals surface area contributed by atoms with Gasteiger partial charge in [-0.3, -0.25) is 4.79 Å². The van der Waals surface area contributed by atoms with Gasteiger partial charge in [0, 0.05) is 6.42 Å². The Balaban J connectivity index is 2.10. The highest BCUT2D eigenvalue weighted by Crippen LogP contribution is 2.19. The van der Waals surface area contributed by atoms with Gasteiger partial charge in [-0.25, -0.2) is 4.98 Å². The molecule has 0 saturated heterocycles.